The van der Waals surface area contributed by atoms with E-state index < -0.39 is 10.1 Å². The van der Waals surface area contributed by atoms with Crippen LogP contribution in [0.4, 0.5) is 0 Å². The topological polar surface area (TPSA) is 52.6 Å². The molecule has 1 aromatic carbocycles. The van der Waals surface area contributed by atoms with Crippen molar-refractivity contribution in [2.75, 3.05) is 19.8 Å². The molecule has 0 heterocycles. The normalized spacial score (nSPS) is 13.3. The van der Waals surface area contributed by atoms with Crippen molar-refractivity contribution in [1.82, 2.24) is 0 Å². The van der Waals surface area contributed by atoms with Crippen molar-refractivity contribution in [1.29, 1.82) is 0 Å². The van der Waals surface area contributed by atoms with E-state index in [1.807, 2.05) is 6.92 Å². The fourth-order valence-corrected chi connectivity index (χ4v) is 2.45. The van der Waals surface area contributed by atoms with Gasteiger partial charge in [-0.05, 0) is 31.4 Å². The van der Waals surface area contributed by atoms with Crippen LogP contribution in [0.3, 0.4) is 0 Å². The molecule has 5 heteroatoms. The molecule has 0 aliphatic heterocycles. The van der Waals surface area contributed by atoms with E-state index in [4.69, 9.17) is 8.92 Å². The molecule has 0 aliphatic carbocycles. The lowest BCUT2D eigenvalue weighted by atomic mass is 10.1. The molecule has 0 saturated heterocycles. The highest BCUT2D eigenvalue weighted by Gasteiger charge is 2.14. The summed E-state index contributed by atoms with van der Waals surface area (Å²) in [6.45, 7) is 7.53. The molecule has 0 fully saturated rings. The maximum atomic E-state index is 11.9. The Morgan fingerprint density at radius 2 is 1.80 bits per heavy atom. The first kappa shape index (κ1) is 17.1. The molecular formula is C15H24O4S. The van der Waals surface area contributed by atoms with Crippen LogP contribution in [-0.4, -0.2) is 28.2 Å². The van der Waals surface area contributed by atoms with Crippen molar-refractivity contribution in [2.45, 2.75) is 38.5 Å². The molecule has 0 amide bonds. The van der Waals surface area contributed by atoms with Crippen molar-refractivity contribution < 1.29 is 17.3 Å². The van der Waals surface area contributed by atoms with Gasteiger partial charge < -0.3 is 4.74 Å². The van der Waals surface area contributed by atoms with Gasteiger partial charge in [-0.25, -0.2) is 0 Å². The first-order valence-electron chi connectivity index (χ1n) is 6.99. The summed E-state index contributed by atoms with van der Waals surface area (Å²) in [5.41, 5.74) is 1.02. The molecule has 114 valence electrons. The minimum absolute atomic E-state index is 0.150. The summed E-state index contributed by atoms with van der Waals surface area (Å²) in [6, 6.07) is 6.63. The second kappa shape index (κ2) is 8.39. The monoisotopic (exact) mass is 300 g/mol. The minimum Gasteiger partial charge on any atom is -0.381 e. The van der Waals surface area contributed by atoms with Gasteiger partial charge in [0, 0.05) is 13.2 Å². The average Bonchev–Trinajstić information content (AvgIpc) is 2.42. The highest BCUT2D eigenvalue weighted by molar-refractivity contribution is 7.86. The largest absolute Gasteiger partial charge is 0.381 e. The zero-order valence-electron chi connectivity index (χ0n) is 12.5. The van der Waals surface area contributed by atoms with Crippen molar-refractivity contribution in [3.05, 3.63) is 29.8 Å². The first-order valence-corrected chi connectivity index (χ1v) is 8.40. The molecule has 0 spiro atoms. The molecule has 0 unspecified atom stereocenters. The summed E-state index contributed by atoms with van der Waals surface area (Å²) in [7, 11) is -3.64. The van der Waals surface area contributed by atoms with E-state index in [1.54, 1.807) is 24.3 Å². The summed E-state index contributed by atoms with van der Waals surface area (Å²) in [5.74, 6) is 0.534. The third kappa shape index (κ3) is 6.03. The van der Waals surface area contributed by atoms with Gasteiger partial charge >= 0.3 is 0 Å². The van der Waals surface area contributed by atoms with Gasteiger partial charge in [0.25, 0.3) is 10.1 Å². The summed E-state index contributed by atoms with van der Waals surface area (Å²) in [5, 5.41) is 0. The van der Waals surface area contributed by atoms with E-state index in [1.165, 1.54) is 0 Å². The van der Waals surface area contributed by atoms with E-state index >= 15 is 0 Å². The van der Waals surface area contributed by atoms with Crippen molar-refractivity contribution in [2.24, 2.45) is 5.92 Å². The molecule has 0 saturated carbocycles. The van der Waals surface area contributed by atoms with Crippen LogP contribution in [0, 0.1) is 12.8 Å². The van der Waals surface area contributed by atoms with Crippen LogP contribution in [0.2, 0.25) is 0 Å². The Kier molecular flexibility index (Phi) is 7.19. The molecule has 0 bridgehead atoms. The molecule has 0 aliphatic rings. The van der Waals surface area contributed by atoms with E-state index in [0.29, 0.717) is 25.6 Å². The predicted molar refractivity (Wildman–Crippen MR) is 79.2 cm³/mol. The molecule has 0 radical (unpaired) electrons. The van der Waals surface area contributed by atoms with Gasteiger partial charge in [0.15, 0.2) is 0 Å². The smallest absolute Gasteiger partial charge is 0.296 e. The van der Waals surface area contributed by atoms with E-state index in [2.05, 4.69) is 13.8 Å². The predicted octanol–water partition coefficient (Wildman–Crippen LogP) is 3.15. The summed E-state index contributed by atoms with van der Waals surface area (Å²) < 4.78 is 34.2. The average molecular weight is 300 g/mol. The molecule has 1 aromatic rings. The van der Waals surface area contributed by atoms with E-state index in [0.717, 1.165) is 12.0 Å². The molecule has 0 N–H and O–H groups in total. The lowest BCUT2D eigenvalue weighted by molar-refractivity contribution is 0.0932. The van der Waals surface area contributed by atoms with Gasteiger partial charge in [-0.2, -0.15) is 8.42 Å². The lowest BCUT2D eigenvalue weighted by Gasteiger charge is -2.09. The van der Waals surface area contributed by atoms with Crippen LogP contribution in [-0.2, 0) is 19.0 Å². The fraction of sp³-hybridized carbons (Fsp3) is 0.600. The summed E-state index contributed by atoms with van der Waals surface area (Å²) in [6.07, 6.45) is 1.65. The number of hydrogen-bond acceptors (Lipinski definition) is 4. The molecule has 20 heavy (non-hydrogen) atoms. The number of hydrogen-bond donors (Lipinski definition) is 0. The molecule has 0 aromatic heterocycles. The van der Waals surface area contributed by atoms with Crippen molar-refractivity contribution >= 4 is 10.1 Å². The second-order valence-corrected chi connectivity index (χ2v) is 6.65. The van der Waals surface area contributed by atoms with Crippen LogP contribution in [0.1, 0.15) is 32.3 Å². The fourth-order valence-electron chi connectivity index (χ4n) is 1.50. The van der Waals surface area contributed by atoms with Crippen LogP contribution in [0.15, 0.2) is 29.2 Å². The van der Waals surface area contributed by atoms with Gasteiger partial charge in [0.2, 0.25) is 0 Å². The zero-order chi connectivity index (χ0) is 15.0. The second-order valence-electron chi connectivity index (χ2n) is 5.03. The first-order chi connectivity index (χ1) is 9.45. The van der Waals surface area contributed by atoms with Gasteiger partial charge in [-0.15, -0.1) is 0 Å². The number of aryl methyl sites for hydroxylation is 1. The highest BCUT2D eigenvalue weighted by atomic mass is 32.2. The van der Waals surface area contributed by atoms with E-state index in [9.17, 15) is 8.42 Å². The Morgan fingerprint density at radius 1 is 1.15 bits per heavy atom. The standard InChI is InChI=1S/C15H24O4S/c1-4-13(2)12-18-10-5-11-19-20(16,17)15-8-6-14(3)7-9-15/h6-9,13H,4-5,10-12H2,1-3H3/t13-/m0/s1. The van der Waals surface area contributed by atoms with E-state index in [-0.39, 0.29) is 11.5 Å². The van der Waals surface area contributed by atoms with Crippen LogP contribution in [0.5, 0.6) is 0 Å². The quantitative estimate of drug-likeness (QED) is 0.519. The van der Waals surface area contributed by atoms with Gasteiger partial charge in [0.1, 0.15) is 0 Å². The number of ether oxygens (including phenoxy) is 1. The summed E-state index contributed by atoms with van der Waals surface area (Å²) >= 11 is 0. The SMILES string of the molecule is CC[C@H](C)COCCCOS(=O)(=O)c1ccc(C)cc1. The number of benzene rings is 1. The molecule has 4 nitrogen and oxygen atoms in total. The Balaban J connectivity index is 2.29. The zero-order valence-corrected chi connectivity index (χ0v) is 13.3. The molecule has 1 rings (SSSR count). The van der Waals surface area contributed by atoms with Crippen LogP contribution >= 0.6 is 0 Å². The molecular weight excluding hydrogens is 276 g/mol. The van der Waals surface area contributed by atoms with Gasteiger partial charge in [-0.1, -0.05) is 38.0 Å². The molecule has 1 atom stereocenters. The van der Waals surface area contributed by atoms with Gasteiger partial charge in [0.05, 0.1) is 11.5 Å². The Hall–Kier alpha value is -0.910. The lowest BCUT2D eigenvalue weighted by Crippen LogP contribution is -2.11. The maximum absolute atomic E-state index is 11.9. The Bertz CT molecular complexity index is 479. The Morgan fingerprint density at radius 3 is 2.40 bits per heavy atom. The number of rotatable bonds is 9. The van der Waals surface area contributed by atoms with Crippen molar-refractivity contribution in [3.63, 3.8) is 0 Å². The third-order valence-corrected chi connectivity index (χ3v) is 4.41. The minimum atomic E-state index is -3.64. The Labute approximate surface area is 122 Å². The third-order valence-electron chi connectivity index (χ3n) is 3.08. The van der Waals surface area contributed by atoms with Gasteiger partial charge in [-0.3, -0.25) is 4.18 Å². The van der Waals surface area contributed by atoms with Crippen LogP contribution < -0.4 is 0 Å². The summed E-state index contributed by atoms with van der Waals surface area (Å²) in [4.78, 5) is 0.198. The van der Waals surface area contributed by atoms with Crippen molar-refractivity contribution in [3.8, 4) is 0 Å². The van der Waals surface area contributed by atoms with Crippen LogP contribution in [0.25, 0.3) is 0 Å². The maximum Gasteiger partial charge on any atom is 0.296 e. The highest BCUT2D eigenvalue weighted by Crippen LogP contribution is 2.13.